The summed E-state index contributed by atoms with van der Waals surface area (Å²) in [5.41, 5.74) is 8.08. The quantitative estimate of drug-likeness (QED) is 0.894. The summed E-state index contributed by atoms with van der Waals surface area (Å²) in [5, 5.41) is 0. The SMILES string of the molecule is CCC1CCCCCN1c1ccc(F)cc1[C@H](C)N. The molecule has 1 aliphatic heterocycles. The van der Waals surface area contributed by atoms with Crippen LogP contribution in [0.15, 0.2) is 18.2 Å². The number of nitrogens with two attached hydrogens (primary N) is 1. The highest BCUT2D eigenvalue weighted by atomic mass is 19.1. The van der Waals surface area contributed by atoms with Gasteiger partial charge in [-0.05, 0) is 49.9 Å². The van der Waals surface area contributed by atoms with E-state index < -0.39 is 0 Å². The zero-order valence-electron chi connectivity index (χ0n) is 12.0. The van der Waals surface area contributed by atoms with Gasteiger partial charge in [-0.15, -0.1) is 0 Å². The molecule has 2 atom stereocenters. The van der Waals surface area contributed by atoms with Crippen LogP contribution in [0.5, 0.6) is 0 Å². The summed E-state index contributed by atoms with van der Waals surface area (Å²) in [7, 11) is 0. The minimum Gasteiger partial charge on any atom is -0.368 e. The largest absolute Gasteiger partial charge is 0.368 e. The van der Waals surface area contributed by atoms with Crippen molar-refractivity contribution in [1.82, 2.24) is 0 Å². The second-order valence-corrected chi connectivity index (χ2v) is 5.60. The van der Waals surface area contributed by atoms with Gasteiger partial charge in [-0.3, -0.25) is 0 Å². The molecule has 0 aliphatic carbocycles. The first-order valence-corrected chi connectivity index (χ1v) is 7.45. The lowest BCUT2D eigenvalue weighted by Crippen LogP contribution is -2.35. The topological polar surface area (TPSA) is 29.3 Å². The van der Waals surface area contributed by atoms with Gasteiger partial charge in [0.1, 0.15) is 5.82 Å². The van der Waals surface area contributed by atoms with E-state index in [9.17, 15) is 4.39 Å². The van der Waals surface area contributed by atoms with Crippen LogP contribution >= 0.6 is 0 Å². The van der Waals surface area contributed by atoms with Gasteiger partial charge in [-0.25, -0.2) is 4.39 Å². The van der Waals surface area contributed by atoms with Crippen molar-refractivity contribution in [2.75, 3.05) is 11.4 Å². The number of hydrogen-bond acceptors (Lipinski definition) is 2. The van der Waals surface area contributed by atoms with Crippen LogP contribution in [0.4, 0.5) is 10.1 Å². The molecule has 1 unspecified atom stereocenters. The molecule has 0 spiro atoms. The fourth-order valence-electron chi connectivity index (χ4n) is 3.07. The average Bonchev–Trinajstić information content (AvgIpc) is 2.63. The van der Waals surface area contributed by atoms with Gasteiger partial charge >= 0.3 is 0 Å². The van der Waals surface area contributed by atoms with Crippen molar-refractivity contribution < 1.29 is 4.39 Å². The van der Waals surface area contributed by atoms with Crippen LogP contribution in [0, 0.1) is 5.82 Å². The number of nitrogens with zero attached hydrogens (tertiary/aromatic N) is 1. The van der Waals surface area contributed by atoms with E-state index >= 15 is 0 Å². The van der Waals surface area contributed by atoms with E-state index in [1.54, 1.807) is 12.1 Å². The van der Waals surface area contributed by atoms with Crippen molar-refractivity contribution in [1.29, 1.82) is 0 Å². The van der Waals surface area contributed by atoms with Crippen molar-refractivity contribution in [3.05, 3.63) is 29.6 Å². The molecule has 0 saturated carbocycles. The van der Waals surface area contributed by atoms with Crippen LogP contribution < -0.4 is 10.6 Å². The number of rotatable bonds is 3. The smallest absolute Gasteiger partial charge is 0.123 e. The molecule has 0 aromatic heterocycles. The summed E-state index contributed by atoms with van der Waals surface area (Å²) in [4.78, 5) is 2.45. The maximum Gasteiger partial charge on any atom is 0.123 e. The molecule has 0 amide bonds. The second-order valence-electron chi connectivity index (χ2n) is 5.60. The molecule has 2 N–H and O–H groups in total. The molecule has 3 heteroatoms. The van der Waals surface area contributed by atoms with Gasteiger partial charge in [0.2, 0.25) is 0 Å². The molecule has 0 bridgehead atoms. The Labute approximate surface area is 115 Å². The van der Waals surface area contributed by atoms with Crippen molar-refractivity contribution in [2.45, 2.75) is 58.0 Å². The third-order valence-corrected chi connectivity index (χ3v) is 4.14. The third-order valence-electron chi connectivity index (χ3n) is 4.14. The molecule has 1 aromatic rings. The van der Waals surface area contributed by atoms with Gasteiger partial charge in [0.05, 0.1) is 0 Å². The van der Waals surface area contributed by atoms with Crippen molar-refractivity contribution >= 4 is 5.69 Å². The molecule has 2 rings (SSSR count). The average molecular weight is 264 g/mol. The fraction of sp³-hybridized carbons (Fsp3) is 0.625. The number of benzene rings is 1. The molecule has 106 valence electrons. The summed E-state index contributed by atoms with van der Waals surface area (Å²) < 4.78 is 13.5. The molecule has 1 aliphatic rings. The zero-order valence-corrected chi connectivity index (χ0v) is 12.0. The Balaban J connectivity index is 2.37. The van der Waals surface area contributed by atoms with Gasteiger partial charge in [0.15, 0.2) is 0 Å². The van der Waals surface area contributed by atoms with Crippen LogP contribution in [0.3, 0.4) is 0 Å². The van der Waals surface area contributed by atoms with Crippen molar-refractivity contribution in [3.63, 3.8) is 0 Å². The maximum atomic E-state index is 13.5. The van der Waals surface area contributed by atoms with Crippen molar-refractivity contribution in [2.24, 2.45) is 5.73 Å². The molecular weight excluding hydrogens is 239 g/mol. The zero-order chi connectivity index (χ0) is 13.8. The van der Waals surface area contributed by atoms with E-state index in [0.29, 0.717) is 6.04 Å². The van der Waals surface area contributed by atoms with Crippen LogP contribution in [0.2, 0.25) is 0 Å². The Morgan fingerprint density at radius 2 is 2.16 bits per heavy atom. The molecule has 0 radical (unpaired) electrons. The molecule has 2 nitrogen and oxygen atoms in total. The maximum absolute atomic E-state index is 13.5. The highest BCUT2D eigenvalue weighted by Gasteiger charge is 2.22. The predicted octanol–water partition coefficient (Wildman–Crippen LogP) is 4.00. The Morgan fingerprint density at radius 1 is 1.37 bits per heavy atom. The Morgan fingerprint density at radius 3 is 2.84 bits per heavy atom. The van der Waals surface area contributed by atoms with Gasteiger partial charge in [-0.2, -0.15) is 0 Å². The summed E-state index contributed by atoms with van der Waals surface area (Å²) in [5.74, 6) is -0.195. The normalized spacial score (nSPS) is 22.1. The molecule has 1 heterocycles. The predicted molar refractivity (Wildman–Crippen MR) is 78.9 cm³/mol. The van der Waals surface area contributed by atoms with Crippen LogP contribution in [-0.4, -0.2) is 12.6 Å². The van der Waals surface area contributed by atoms with E-state index in [4.69, 9.17) is 5.73 Å². The second kappa shape index (κ2) is 6.38. The Kier molecular flexibility index (Phi) is 4.81. The van der Waals surface area contributed by atoms with Gasteiger partial charge in [-0.1, -0.05) is 19.8 Å². The summed E-state index contributed by atoms with van der Waals surface area (Å²) in [6.45, 7) is 5.22. The first-order chi connectivity index (χ1) is 9.13. The number of halogens is 1. The highest BCUT2D eigenvalue weighted by Crippen LogP contribution is 2.31. The Hall–Kier alpha value is -1.09. The summed E-state index contributed by atoms with van der Waals surface area (Å²) >= 11 is 0. The molecule has 1 saturated heterocycles. The van der Waals surface area contributed by atoms with E-state index in [-0.39, 0.29) is 11.9 Å². The third kappa shape index (κ3) is 3.27. The minimum absolute atomic E-state index is 0.133. The highest BCUT2D eigenvalue weighted by molar-refractivity contribution is 5.56. The molecule has 1 aromatic carbocycles. The van der Waals surface area contributed by atoms with Crippen LogP contribution in [0.25, 0.3) is 0 Å². The lowest BCUT2D eigenvalue weighted by atomic mass is 10.0. The lowest BCUT2D eigenvalue weighted by Gasteiger charge is -2.34. The standard InChI is InChI=1S/C16H25FN2/c1-3-14-7-5-4-6-10-19(14)16-9-8-13(17)11-15(16)12(2)18/h8-9,11-12,14H,3-7,10,18H2,1-2H3/t12-,14?/m0/s1. The van der Waals surface area contributed by atoms with Crippen LogP contribution in [0.1, 0.15) is 57.6 Å². The van der Waals surface area contributed by atoms with Gasteiger partial charge < -0.3 is 10.6 Å². The molecular formula is C16H25FN2. The monoisotopic (exact) mass is 264 g/mol. The molecule has 19 heavy (non-hydrogen) atoms. The van der Waals surface area contributed by atoms with E-state index in [1.807, 2.05) is 13.0 Å². The minimum atomic E-state index is -0.195. The first kappa shape index (κ1) is 14.3. The first-order valence-electron chi connectivity index (χ1n) is 7.45. The summed E-state index contributed by atoms with van der Waals surface area (Å²) in [6, 6.07) is 5.48. The number of anilines is 1. The van der Waals surface area contributed by atoms with E-state index in [0.717, 1.165) is 24.2 Å². The molecule has 1 fully saturated rings. The van der Waals surface area contributed by atoms with E-state index in [2.05, 4.69) is 11.8 Å². The van der Waals surface area contributed by atoms with Gasteiger partial charge in [0.25, 0.3) is 0 Å². The van der Waals surface area contributed by atoms with Crippen molar-refractivity contribution in [3.8, 4) is 0 Å². The van der Waals surface area contributed by atoms with E-state index in [1.165, 1.54) is 25.7 Å². The van der Waals surface area contributed by atoms with Crippen LogP contribution in [-0.2, 0) is 0 Å². The van der Waals surface area contributed by atoms with Gasteiger partial charge in [0, 0.05) is 24.3 Å². The number of hydrogen-bond donors (Lipinski definition) is 1. The lowest BCUT2D eigenvalue weighted by molar-refractivity contribution is 0.552. The summed E-state index contributed by atoms with van der Waals surface area (Å²) in [6.07, 6.45) is 6.17. The fourth-order valence-corrected chi connectivity index (χ4v) is 3.07. The Bertz CT molecular complexity index is 417.